The third-order valence-electron chi connectivity index (χ3n) is 4.76. The molecular formula is C24H16F2N2O4. The van der Waals surface area contributed by atoms with Gasteiger partial charge in [0.15, 0.2) is 12.0 Å². The molecule has 0 saturated carbocycles. The number of aromatic nitrogens is 1. The molecule has 160 valence electrons. The van der Waals surface area contributed by atoms with E-state index in [1.165, 1.54) is 12.5 Å². The zero-order valence-corrected chi connectivity index (χ0v) is 16.5. The molecule has 0 fully saturated rings. The topological polar surface area (TPSA) is 92.4 Å². The van der Waals surface area contributed by atoms with Gasteiger partial charge in [0.1, 0.15) is 23.1 Å². The lowest BCUT2D eigenvalue weighted by molar-refractivity contribution is -0.137. The van der Waals surface area contributed by atoms with Crippen molar-refractivity contribution in [2.24, 2.45) is 0 Å². The molecule has 0 aliphatic heterocycles. The maximum atomic E-state index is 13.2. The fraction of sp³-hybridized carbons (Fsp3) is 0.0417. The molecule has 0 radical (unpaired) electrons. The molecule has 1 amide bonds. The van der Waals surface area contributed by atoms with E-state index in [9.17, 15) is 23.5 Å². The number of carbonyl (C=O) groups is 2. The van der Waals surface area contributed by atoms with E-state index in [2.05, 4.69) is 10.3 Å². The minimum atomic E-state index is -1.03. The monoisotopic (exact) mass is 434 g/mol. The lowest BCUT2D eigenvalue weighted by atomic mass is 9.91. The molecule has 0 spiro atoms. The zero-order valence-electron chi connectivity index (χ0n) is 16.5. The van der Waals surface area contributed by atoms with Crippen LogP contribution >= 0.6 is 0 Å². The summed E-state index contributed by atoms with van der Waals surface area (Å²) in [6.45, 7) is 0. The van der Waals surface area contributed by atoms with Crippen LogP contribution in [-0.4, -0.2) is 22.0 Å². The van der Waals surface area contributed by atoms with Crippen LogP contribution in [-0.2, 0) is 9.59 Å². The van der Waals surface area contributed by atoms with Crippen LogP contribution in [0.5, 0.6) is 0 Å². The summed E-state index contributed by atoms with van der Waals surface area (Å²) >= 11 is 0. The normalized spacial score (nSPS) is 12.2. The van der Waals surface area contributed by atoms with Crippen LogP contribution in [0.25, 0.3) is 17.2 Å². The number of carboxylic acids is 1. The molecule has 1 aromatic heterocycles. The van der Waals surface area contributed by atoms with Crippen molar-refractivity contribution in [1.29, 1.82) is 0 Å². The number of fused-ring (bicyclic) bond motifs is 1. The number of benzene rings is 3. The van der Waals surface area contributed by atoms with Gasteiger partial charge in [-0.1, -0.05) is 18.2 Å². The number of carboxylic acid groups (broad SMARTS) is 1. The third-order valence-corrected chi connectivity index (χ3v) is 4.76. The van der Waals surface area contributed by atoms with Crippen molar-refractivity contribution >= 4 is 34.7 Å². The Morgan fingerprint density at radius 3 is 2.34 bits per heavy atom. The molecule has 32 heavy (non-hydrogen) atoms. The van der Waals surface area contributed by atoms with Crippen molar-refractivity contribution in [2.45, 2.75) is 5.92 Å². The van der Waals surface area contributed by atoms with Crippen molar-refractivity contribution < 1.29 is 27.9 Å². The van der Waals surface area contributed by atoms with E-state index in [0.717, 1.165) is 24.3 Å². The summed E-state index contributed by atoms with van der Waals surface area (Å²) in [6.07, 6.45) is 3.73. The second-order valence-corrected chi connectivity index (χ2v) is 7.00. The molecule has 4 aromatic rings. The number of carbonyl (C=O) groups excluding carboxylic acids is 1. The van der Waals surface area contributed by atoms with E-state index in [0.29, 0.717) is 27.9 Å². The molecule has 8 heteroatoms. The predicted octanol–water partition coefficient (Wildman–Crippen LogP) is 4.97. The number of anilines is 1. The van der Waals surface area contributed by atoms with Crippen LogP contribution in [0.4, 0.5) is 14.5 Å². The van der Waals surface area contributed by atoms with Gasteiger partial charge in [0, 0.05) is 17.8 Å². The van der Waals surface area contributed by atoms with Crippen molar-refractivity contribution in [2.75, 3.05) is 5.32 Å². The zero-order chi connectivity index (χ0) is 22.7. The fourth-order valence-electron chi connectivity index (χ4n) is 3.32. The van der Waals surface area contributed by atoms with Crippen molar-refractivity contribution in [1.82, 2.24) is 4.98 Å². The average molecular weight is 434 g/mol. The Morgan fingerprint density at radius 2 is 1.66 bits per heavy atom. The number of nitrogens with one attached hydrogen (secondary N) is 1. The Labute approximate surface area is 180 Å². The number of hydrogen-bond donors (Lipinski definition) is 2. The first-order chi connectivity index (χ1) is 15.4. The number of halogens is 2. The summed E-state index contributed by atoms with van der Waals surface area (Å²) in [4.78, 5) is 28.1. The van der Waals surface area contributed by atoms with Gasteiger partial charge in [0.25, 0.3) is 0 Å². The van der Waals surface area contributed by atoms with Gasteiger partial charge >= 0.3 is 5.97 Å². The molecule has 4 rings (SSSR count). The van der Waals surface area contributed by atoms with E-state index in [4.69, 9.17) is 4.42 Å². The van der Waals surface area contributed by atoms with E-state index >= 15 is 0 Å². The van der Waals surface area contributed by atoms with Gasteiger partial charge < -0.3 is 14.8 Å². The number of hydrogen-bond acceptors (Lipinski definition) is 4. The molecule has 0 aliphatic carbocycles. The number of oxazole rings is 1. The van der Waals surface area contributed by atoms with Crippen LogP contribution in [0, 0.1) is 11.6 Å². The molecule has 2 N–H and O–H groups in total. The Hall–Kier alpha value is -4.33. The van der Waals surface area contributed by atoms with Crippen LogP contribution in [0.1, 0.15) is 22.6 Å². The molecule has 1 atom stereocenters. The maximum Gasteiger partial charge on any atom is 0.315 e. The summed E-state index contributed by atoms with van der Waals surface area (Å²) in [6, 6.07) is 14.3. The van der Waals surface area contributed by atoms with Gasteiger partial charge in [0.2, 0.25) is 5.91 Å². The summed E-state index contributed by atoms with van der Waals surface area (Å²) in [7, 11) is 0. The predicted molar refractivity (Wildman–Crippen MR) is 114 cm³/mol. The van der Waals surface area contributed by atoms with Gasteiger partial charge in [-0.3, -0.25) is 9.59 Å². The number of amides is 1. The lowest BCUT2D eigenvalue weighted by Gasteiger charge is -2.14. The quantitative estimate of drug-likeness (QED) is 0.418. The van der Waals surface area contributed by atoms with Crippen molar-refractivity contribution in [3.63, 3.8) is 0 Å². The van der Waals surface area contributed by atoms with Crippen LogP contribution in [0.3, 0.4) is 0 Å². The largest absolute Gasteiger partial charge is 0.481 e. The first-order valence-corrected chi connectivity index (χ1v) is 9.50. The van der Waals surface area contributed by atoms with E-state index < -0.39 is 29.4 Å². The first-order valence-electron chi connectivity index (χ1n) is 9.50. The minimum absolute atomic E-state index is 0.210. The second kappa shape index (κ2) is 8.81. The molecular weight excluding hydrogens is 418 g/mol. The molecule has 0 bridgehead atoms. The third kappa shape index (κ3) is 4.70. The summed E-state index contributed by atoms with van der Waals surface area (Å²) < 4.78 is 31.6. The highest BCUT2D eigenvalue weighted by molar-refractivity contribution is 6.02. The summed E-state index contributed by atoms with van der Waals surface area (Å²) in [5.41, 5.74) is 2.82. The first kappa shape index (κ1) is 20.9. The smallest absolute Gasteiger partial charge is 0.315 e. The van der Waals surface area contributed by atoms with Crippen LogP contribution in [0.15, 0.2) is 77.6 Å². The molecule has 0 saturated heterocycles. The molecule has 0 aliphatic rings. The second-order valence-electron chi connectivity index (χ2n) is 7.00. The van der Waals surface area contributed by atoms with E-state index in [1.54, 1.807) is 42.5 Å². The molecule has 1 heterocycles. The number of aliphatic carboxylic acids is 1. The minimum Gasteiger partial charge on any atom is -0.481 e. The van der Waals surface area contributed by atoms with Crippen molar-refractivity contribution in [3.8, 4) is 0 Å². The molecule has 6 nitrogen and oxygen atoms in total. The van der Waals surface area contributed by atoms with Gasteiger partial charge in [0.05, 0.1) is 0 Å². The van der Waals surface area contributed by atoms with Crippen LogP contribution < -0.4 is 5.32 Å². The van der Waals surface area contributed by atoms with Gasteiger partial charge in [-0.2, -0.15) is 0 Å². The van der Waals surface area contributed by atoms with E-state index in [-0.39, 0.29) is 5.56 Å². The van der Waals surface area contributed by atoms with Gasteiger partial charge in [-0.15, -0.1) is 0 Å². The molecule has 1 unspecified atom stereocenters. The SMILES string of the molecule is O=C(C=Cc1cc(F)cc(F)c1)Nc1ccc(C(C(=O)O)c2ccc3ocnc3c2)cc1. The summed E-state index contributed by atoms with van der Waals surface area (Å²) in [5, 5.41) is 12.4. The van der Waals surface area contributed by atoms with E-state index in [1.807, 2.05) is 0 Å². The van der Waals surface area contributed by atoms with Crippen LogP contribution in [0.2, 0.25) is 0 Å². The highest BCUT2D eigenvalue weighted by Gasteiger charge is 2.23. The highest BCUT2D eigenvalue weighted by Crippen LogP contribution is 2.28. The number of nitrogens with zero attached hydrogens (tertiary/aromatic N) is 1. The Bertz CT molecular complexity index is 1310. The van der Waals surface area contributed by atoms with Crippen molar-refractivity contribution in [3.05, 3.63) is 101 Å². The lowest BCUT2D eigenvalue weighted by Crippen LogP contribution is -2.13. The fourth-order valence-corrected chi connectivity index (χ4v) is 3.32. The highest BCUT2D eigenvalue weighted by atomic mass is 19.1. The number of rotatable bonds is 6. The van der Waals surface area contributed by atoms with Gasteiger partial charge in [-0.05, 0) is 59.2 Å². The Balaban J connectivity index is 1.49. The average Bonchev–Trinajstić information content (AvgIpc) is 3.21. The Morgan fingerprint density at radius 1 is 0.969 bits per heavy atom. The Kier molecular flexibility index (Phi) is 5.76. The summed E-state index contributed by atoms with van der Waals surface area (Å²) in [5.74, 6) is -3.94. The maximum absolute atomic E-state index is 13.2. The standard InChI is InChI=1S/C24H16F2N2O4/c25-17-9-14(10-18(26)12-17)1-8-22(29)28-19-5-2-15(3-6-19)23(24(30)31)16-4-7-21-20(11-16)27-13-32-21/h1-13,23H,(H,28,29)(H,30,31). The van der Waals surface area contributed by atoms with Gasteiger partial charge in [-0.25, -0.2) is 13.8 Å². The molecule has 3 aromatic carbocycles.